The topological polar surface area (TPSA) is 0 Å². The summed E-state index contributed by atoms with van der Waals surface area (Å²) in [6.45, 7) is 0. The van der Waals surface area contributed by atoms with Gasteiger partial charge in [-0.05, 0) is 61.1 Å². The Morgan fingerprint density at radius 3 is 1.82 bits per heavy atom. The lowest BCUT2D eigenvalue weighted by Gasteiger charge is -2.37. The standard InChI is InChI=1S/C22H23B3F2S/c23-16-7-5-13(6-8-16)12-1-3-14(4-2-12)15-9-18(26)21(19(27)10-15)20-11-17(24)22(25)28-20/h9-14,16H,1-8H2. The number of halogens is 2. The molecule has 1 aromatic carbocycles. The molecule has 1 aromatic heterocycles. The molecule has 0 amide bonds. The molecular formula is C22H23B3F2S. The summed E-state index contributed by atoms with van der Waals surface area (Å²) >= 11 is 1.12. The van der Waals surface area contributed by atoms with Crippen molar-refractivity contribution < 1.29 is 8.78 Å². The van der Waals surface area contributed by atoms with Crippen molar-refractivity contribution in [1.82, 2.24) is 0 Å². The van der Waals surface area contributed by atoms with Gasteiger partial charge in [0.1, 0.15) is 27.3 Å². The molecule has 6 heteroatoms. The van der Waals surface area contributed by atoms with E-state index in [0.717, 1.165) is 67.3 Å². The number of hydrogen-bond acceptors (Lipinski definition) is 1. The molecule has 2 fully saturated rings. The normalized spacial score (nSPS) is 28.4. The van der Waals surface area contributed by atoms with Crippen LogP contribution in [0, 0.1) is 23.5 Å². The molecule has 6 radical (unpaired) electrons. The molecule has 0 N–H and O–H groups in total. The van der Waals surface area contributed by atoms with Gasteiger partial charge in [-0.15, -0.1) is 0 Å². The first-order chi connectivity index (χ1) is 13.4. The van der Waals surface area contributed by atoms with Crippen molar-refractivity contribution >= 4 is 45.1 Å². The first-order valence-electron chi connectivity index (χ1n) is 10.3. The highest BCUT2D eigenvalue weighted by atomic mass is 32.1. The zero-order valence-corrected chi connectivity index (χ0v) is 16.9. The van der Waals surface area contributed by atoms with Crippen molar-refractivity contribution in [2.45, 2.75) is 63.1 Å². The van der Waals surface area contributed by atoms with Crippen LogP contribution in [-0.4, -0.2) is 23.5 Å². The van der Waals surface area contributed by atoms with Gasteiger partial charge in [0.15, 0.2) is 0 Å². The van der Waals surface area contributed by atoms with E-state index in [2.05, 4.69) is 0 Å². The second-order valence-electron chi connectivity index (χ2n) is 8.58. The number of thiophene rings is 1. The minimum absolute atomic E-state index is 0.0237. The first-order valence-corrected chi connectivity index (χ1v) is 11.1. The van der Waals surface area contributed by atoms with Gasteiger partial charge in [-0.1, -0.05) is 47.8 Å². The van der Waals surface area contributed by atoms with Crippen LogP contribution in [0.2, 0.25) is 5.82 Å². The lowest BCUT2D eigenvalue weighted by atomic mass is 9.65. The van der Waals surface area contributed by atoms with Crippen molar-refractivity contribution in [2.24, 2.45) is 11.8 Å². The van der Waals surface area contributed by atoms with Gasteiger partial charge in [0.2, 0.25) is 0 Å². The molecule has 0 bridgehead atoms. The van der Waals surface area contributed by atoms with Crippen LogP contribution >= 0.6 is 11.3 Å². The maximum Gasteiger partial charge on any atom is 0.135 e. The summed E-state index contributed by atoms with van der Waals surface area (Å²) in [5.74, 6) is 1.09. The molecule has 2 saturated carbocycles. The van der Waals surface area contributed by atoms with E-state index in [1.807, 2.05) is 0 Å². The van der Waals surface area contributed by atoms with Gasteiger partial charge in [0.25, 0.3) is 0 Å². The van der Waals surface area contributed by atoms with Crippen LogP contribution in [0.1, 0.15) is 62.8 Å². The number of hydrogen-bond donors (Lipinski definition) is 0. The van der Waals surface area contributed by atoms with Crippen molar-refractivity contribution in [3.05, 3.63) is 35.4 Å². The Balaban J connectivity index is 1.46. The van der Waals surface area contributed by atoms with Crippen molar-refractivity contribution in [1.29, 1.82) is 0 Å². The fourth-order valence-corrected chi connectivity index (χ4v) is 6.04. The Morgan fingerprint density at radius 2 is 1.32 bits per heavy atom. The molecule has 140 valence electrons. The van der Waals surface area contributed by atoms with Gasteiger partial charge >= 0.3 is 0 Å². The Labute approximate surface area is 174 Å². The Kier molecular flexibility index (Phi) is 6.06. The summed E-state index contributed by atoms with van der Waals surface area (Å²) in [6, 6.07) is 4.56. The van der Waals surface area contributed by atoms with Gasteiger partial charge in [-0.25, -0.2) is 8.78 Å². The molecule has 28 heavy (non-hydrogen) atoms. The van der Waals surface area contributed by atoms with E-state index in [9.17, 15) is 8.78 Å². The summed E-state index contributed by atoms with van der Waals surface area (Å²) in [4.78, 5) is 0.441. The SMILES string of the molecule is [B]c1cc(-c2c(F)cc(C3CCC(C4CCC([B])CC4)CC3)cc2F)sc1[B]. The van der Waals surface area contributed by atoms with Crippen LogP contribution in [0.3, 0.4) is 0 Å². The molecule has 0 unspecified atom stereocenters. The molecule has 0 saturated heterocycles. The Hall–Kier alpha value is -1.03. The van der Waals surface area contributed by atoms with Crippen LogP contribution < -0.4 is 10.2 Å². The average Bonchev–Trinajstić information content (AvgIpc) is 3.00. The van der Waals surface area contributed by atoms with Crippen LogP contribution in [-0.2, 0) is 0 Å². The monoisotopic (exact) mass is 390 g/mol. The highest BCUT2D eigenvalue weighted by molar-refractivity contribution is 7.24. The third-order valence-electron chi connectivity index (χ3n) is 6.83. The lowest BCUT2D eigenvalue weighted by molar-refractivity contribution is 0.186. The number of benzene rings is 1. The van der Waals surface area contributed by atoms with Crippen molar-refractivity contribution in [3.63, 3.8) is 0 Å². The van der Waals surface area contributed by atoms with E-state index in [1.54, 1.807) is 6.07 Å². The molecule has 0 aliphatic heterocycles. The van der Waals surface area contributed by atoms with E-state index in [-0.39, 0.29) is 11.5 Å². The third-order valence-corrected chi connectivity index (χ3v) is 7.83. The predicted molar refractivity (Wildman–Crippen MR) is 117 cm³/mol. The summed E-state index contributed by atoms with van der Waals surface area (Å²) < 4.78 is 29.9. The molecule has 2 aromatic rings. The van der Waals surface area contributed by atoms with Crippen LogP contribution in [0.15, 0.2) is 18.2 Å². The van der Waals surface area contributed by atoms with Crippen LogP contribution in [0.25, 0.3) is 10.4 Å². The lowest BCUT2D eigenvalue weighted by Crippen LogP contribution is -2.24. The molecule has 4 rings (SSSR count). The van der Waals surface area contributed by atoms with E-state index >= 15 is 0 Å². The van der Waals surface area contributed by atoms with Gasteiger partial charge in [0, 0.05) is 4.88 Å². The first kappa shape index (κ1) is 20.3. The second-order valence-corrected chi connectivity index (χ2v) is 9.66. The van der Waals surface area contributed by atoms with E-state index in [1.165, 1.54) is 25.0 Å². The second kappa shape index (κ2) is 8.38. The van der Waals surface area contributed by atoms with Crippen LogP contribution in [0.5, 0.6) is 0 Å². The Morgan fingerprint density at radius 1 is 0.786 bits per heavy atom. The number of rotatable bonds is 3. The smallest absolute Gasteiger partial charge is 0.135 e. The molecule has 2 aliphatic carbocycles. The highest BCUT2D eigenvalue weighted by Gasteiger charge is 2.31. The van der Waals surface area contributed by atoms with Crippen molar-refractivity contribution in [3.8, 4) is 10.4 Å². The van der Waals surface area contributed by atoms with E-state index in [4.69, 9.17) is 23.5 Å². The summed E-state index contributed by atoms with van der Waals surface area (Å²) in [5, 5.41) is 0. The van der Waals surface area contributed by atoms with Gasteiger partial charge < -0.3 is 0 Å². The minimum atomic E-state index is -0.528. The summed E-state index contributed by atoms with van der Waals surface area (Å²) in [5.41, 5.74) is 1.12. The summed E-state index contributed by atoms with van der Waals surface area (Å²) in [6.07, 6.45) is 9.05. The maximum absolute atomic E-state index is 14.8. The van der Waals surface area contributed by atoms with Gasteiger partial charge in [-0.2, -0.15) is 11.3 Å². The molecule has 1 heterocycles. The quantitative estimate of drug-likeness (QED) is 0.667. The van der Waals surface area contributed by atoms with Gasteiger partial charge in [0.05, 0.1) is 13.4 Å². The molecule has 0 spiro atoms. The van der Waals surface area contributed by atoms with Crippen molar-refractivity contribution in [2.75, 3.05) is 0 Å². The molecule has 2 aliphatic rings. The molecule has 0 atom stereocenters. The Bertz CT molecular complexity index is 792. The fraction of sp³-hybridized carbons (Fsp3) is 0.545. The largest absolute Gasteiger partial charge is 0.206 e. The summed E-state index contributed by atoms with van der Waals surface area (Å²) in [7, 11) is 17.5. The zero-order chi connectivity index (χ0) is 19.8. The highest BCUT2D eigenvalue weighted by Crippen LogP contribution is 2.45. The maximum atomic E-state index is 14.8. The zero-order valence-electron chi connectivity index (χ0n) is 16.1. The predicted octanol–water partition coefficient (Wildman–Crippen LogP) is 4.70. The van der Waals surface area contributed by atoms with Gasteiger partial charge in [-0.3, -0.25) is 0 Å². The van der Waals surface area contributed by atoms with E-state index in [0.29, 0.717) is 20.9 Å². The minimum Gasteiger partial charge on any atom is -0.206 e. The van der Waals surface area contributed by atoms with Crippen LogP contribution in [0.4, 0.5) is 8.78 Å². The third kappa shape index (κ3) is 4.13. The average molecular weight is 390 g/mol. The fourth-order valence-electron chi connectivity index (χ4n) is 5.15. The molecular weight excluding hydrogens is 367 g/mol. The van der Waals surface area contributed by atoms with E-state index < -0.39 is 11.6 Å². The molecule has 0 nitrogen and oxygen atoms in total.